The number of ether oxygens (including phenoxy) is 1. The predicted molar refractivity (Wildman–Crippen MR) is 75.3 cm³/mol. The van der Waals surface area contributed by atoms with E-state index in [4.69, 9.17) is 4.74 Å². The van der Waals surface area contributed by atoms with Crippen molar-refractivity contribution in [2.75, 3.05) is 7.11 Å². The van der Waals surface area contributed by atoms with Gasteiger partial charge in [-0.15, -0.1) is 0 Å². The van der Waals surface area contributed by atoms with E-state index in [0.717, 1.165) is 24.2 Å². The van der Waals surface area contributed by atoms with Crippen molar-refractivity contribution in [1.82, 2.24) is 10.6 Å². The predicted octanol–water partition coefficient (Wildman–Crippen LogP) is 3.00. The van der Waals surface area contributed by atoms with Crippen molar-refractivity contribution in [3.05, 3.63) is 29.8 Å². The molecule has 1 atom stereocenters. The molecule has 0 radical (unpaired) electrons. The molecule has 104 valence electrons. The second-order valence-electron chi connectivity index (χ2n) is 5.06. The molecule has 0 unspecified atom stereocenters. The van der Waals surface area contributed by atoms with E-state index >= 15 is 0 Å². The summed E-state index contributed by atoms with van der Waals surface area (Å²) in [4.78, 5) is 11.9. The van der Waals surface area contributed by atoms with Crippen LogP contribution in [0.15, 0.2) is 24.3 Å². The second kappa shape index (κ2) is 6.45. The van der Waals surface area contributed by atoms with Crippen LogP contribution in [0.5, 0.6) is 5.75 Å². The quantitative estimate of drug-likeness (QED) is 0.876. The summed E-state index contributed by atoms with van der Waals surface area (Å²) in [7, 11) is 1.64. The highest BCUT2D eigenvalue weighted by atomic mass is 16.5. The number of urea groups is 1. The Labute approximate surface area is 114 Å². The fraction of sp³-hybridized carbons (Fsp3) is 0.533. The van der Waals surface area contributed by atoms with Gasteiger partial charge in [-0.3, -0.25) is 0 Å². The third kappa shape index (κ3) is 3.63. The SMILES string of the molecule is COc1ccccc1[C@H](C)NC(=O)NC1CCCC1. The Morgan fingerprint density at radius 1 is 1.32 bits per heavy atom. The lowest BCUT2D eigenvalue weighted by Crippen LogP contribution is -2.41. The molecular weight excluding hydrogens is 240 g/mol. The molecule has 0 aromatic heterocycles. The van der Waals surface area contributed by atoms with Gasteiger partial charge >= 0.3 is 6.03 Å². The van der Waals surface area contributed by atoms with Gasteiger partial charge in [0.1, 0.15) is 5.75 Å². The normalized spacial score (nSPS) is 16.9. The highest BCUT2D eigenvalue weighted by molar-refractivity contribution is 5.74. The number of carbonyl (C=O) groups excluding carboxylic acids is 1. The van der Waals surface area contributed by atoms with Crippen LogP contribution in [0.1, 0.15) is 44.2 Å². The number of rotatable bonds is 4. The van der Waals surface area contributed by atoms with E-state index in [0.29, 0.717) is 6.04 Å². The Bertz CT molecular complexity index is 428. The summed E-state index contributed by atoms with van der Waals surface area (Å²) in [5.41, 5.74) is 0.992. The number of benzene rings is 1. The zero-order valence-electron chi connectivity index (χ0n) is 11.6. The van der Waals surface area contributed by atoms with E-state index in [1.165, 1.54) is 12.8 Å². The van der Waals surface area contributed by atoms with Crippen molar-refractivity contribution >= 4 is 6.03 Å². The summed E-state index contributed by atoms with van der Waals surface area (Å²) in [6, 6.07) is 7.92. The molecule has 1 aliphatic rings. The fourth-order valence-electron chi connectivity index (χ4n) is 2.60. The molecule has 2 amide bonds. The van der Waals surface area contributed by atoms with Crippen LogP contribution in [-0.2, 0) is 0 Å². The first-order valence-corrected chi connectivity index (χ1v) is 6.90. The van der Waals surface area contributed by atoms with Crippen molar-refractivity contribution in [1.29, 1.82) is 0 Å². The Hall–Kier alpha value is -1.71. The van der Waals surface area contributed by atoms with Gasteiger partial charge in [0, 0.05) is 11.6 Å². The van der Waals surface area contributed by atoms with Crippen LogP contribution in [0.3, 0.4) is 0 Å². The van der Waals surface area contributed by atoms with Gasteiger partial charge < -0.3 is 15.4 Å². The lowest BCUT2D eigenvalue weighted by atomic mass is 10.1. The van der Waals surface area contributed by atoms with Crippen molar-refractivity contribution in [3.8, 4) is 5.75 Å². The maximum atomic E-state index is 11.9. The number of carbonyl (C=O) groups is 1. The summed E-state index contributed by atoms with van der Waals surface area (Å²) >= 11 is 0. The number of hydrogen-bond acceptors (Lipinski definition) is 2. The summed E-state index contributed by atoms with van der Waals surface area (Å²) < 4.78 is 5.31. The summed E-state index contributed by atoms with van der Waals surface area (Å²) in [5.74, 6) is 0.802. The molecule has 1 aromatic carbocycles. The van der Waals surface area contributed by atoms with E-state index in [1.807, 2.05) is 31.2 Å². The van der Waals surface area contributed by atoms with Gasteiger partial charge in [-0.25, -0.2) is 4.79 Å². The third-order valence-electron chi connectivity index (χ3n) is 3.64. The minimum absolute atomic E-state index is 0.0717. The molecule has 2 rings (SSSR count). The summed E-state index contributed by atoms with van der Waals surface area (Å²) in [5, 5.41) is 5.99. The van der Waals surface area contributed by atoms with Crippen molar-refractivity contribution in [3.63, 3.8) is 0 Å². The summed E-state index contributed by atoms with van der Waals surface area (Å²) in [6.45, 7) is 1.96. The molecule has 0 saturated heterocycles. The molecule has 0 bridgehead atoms. The van der Waals surface area contributed by atoms with E-state index < -0.39 is 0 Å². The van der Waals surface area contributed by atoms with Crippen LogP contribution in [0.2, 0.25) is 0 Å². The molecule has 0 spiro atoms. The minimum atomic E-state index is -0.0923. The Kier molecular flexibility index (Phi) is 4.66. The number of nitrogens with one attached hydrogen (secondary N) is 2. The van der Waals surface area contributed by atoms with Crippen LogP contribution in [0.25, 0.3) is 0 Å². The topological polar surface area (TPSA) is 50.4 Å². The van der Waals surface area contributed by atoms with E-state index in [2.05, 4.69) is 10.6 Å². The fourth-order valence-corrected chi connectivity index (χ4v) is 2.60. The molecule has 4 heteroatoms. The molecule has 1 fully saturated rings. The molecule has 4 nitrogen and oxygen atoms in total. The van der Waals surface area contributed by atoms with Crippen LogP contribution in [0, 0.1) is 0 Å². The smallest absolute Gasteiger partial charge is 0.315 e. The van der Waals surface area contributed by atoms with Gasteiger partial charge in [-0.05, 0) is 25.8 Å². The monoisotopic (exact) mass is 262 g/mol. The minimum Gasteiger partial charge on any atom is -0.496 e. The van der Waals surface area contributed by atoms with Gasteiger partial charge in [0.05, 0.1) is 13.2 Å². The maximum Gasteiger partial charge on any atom is 0.315 e. The number of amides is 2. The lowest BCUT2D eigenvalue weighted by molar-refractivity contribution is 0.234. The molecule has 1 saturated carbocycles. The van der Waals surface area contributed by atoms with Crippen LogP contribution in [-0.4, -0.2) is 19.2 Å². The van der Waals surface area contributed by atoms with Gasteiger partial charge in [0.25, 0.3) is 0 Å². The average Bonchev–Trinajstić information content (AvgIpc) is 2.91. The zero-order chi connectivity index (χ0) is 13.7. The summed E-state index contributed by atoms with van der Waals surface area (Å²) in [6.07, 6.45) is 4.62. The molecule has 2 N–H and O–H groups in total. The van der Waals surface area contributed by atoms with Crippen LogP contribution >= 0.6 is 0 Å². The molecular formula is C15H22N2O2. The first-order chi connectivity index (χ1) is 9.20. The second-order valence-corrected chi connectivity index (χ2v) is 5.06. The first-order valence-electron chi connectivity index (χ1n) is 6.90. The number of hydrogen-bond donors (Lipinski definition) is 2. The standard InChI is InChI=1S/C15H22N2O2/c1-11(13-9-5-6-10-14(13)19-2)16-15(18)17-12-7-3-4-8-12/h5-6,9-12H,3-4,7-8H2,1-2H3,(H2,16,17,18)/t11-/m0/s1. The van der Waals surface area contributed by atoms with Gasteiger partial charge in [0.2, 0.25) is 0 Å². The first kappa shape index (κ1) is 13.7. The highest BCUT2D eigenvalue weighted by Gasteiger charge is 2.19. The van der Waals surface area contributed by atoms with E-state index in [9.17, 15) is 4.79 Å². The number of para-hydroxylation sites is 1. The Morgan fingerprint density at radius 2 is 2.00 bits per heavy atom. The van der Waals surface area contributed by atoms with Gasteiger partial charge in [-0.2, -0.15) is 0 Å². The zero-order valence-corrected chi connectivity index (χ0v) is 11.6. The molecule has 0 aliphatic heterocycles. The Morgan fingerprint density at radius 3 is 2.68 bits per heavy atom. The average molecular weight is 262 g/mol. The van der Waals surface area contributed by atoms with E-state index in [-0.39, 0.29) is 12.1 Å². The van der Waals surface area contributed by atoms with Crippen molar-refractivity contribution in [2.45, 2.75) is 44.7 Å². The van der Waals surface area contributed by atoms with Crippen molar-refractivity contribution in [2.24, 2.45) is 0 Å². The molecule has 1 aromatic rings. The molecule has 1 aliphatic carbocycles. The molecule has 19 heavy (non-hydrogen) atoms. The maximum absolute atomic E-state index is 11.9. The molecule has 0 heterocycles. The van der Waals surface area contributed by atoms with Gasteiger partial charge in [0.15, 0.2) is 0 Å². The van der Waals surface area contributed by atoms with E-state index in [1.54, 1.807) is 7.11 Å². The third-order valence-corrected chi connectivity index (χ3v) is 3.64. The largest absolute Gasteiger partial charge is 0.496 e. The number of methoxy groups -OCH3 is 1. The van der Waals surface area contributed by atoms with Gasteiger partial charge in [-0.1, -0.05) is 31.0 Å². The van der Waals surface area contributed by atoms with Crippen LogP contribution < -0.4 is 15.4 Å². The lowest BCUT2D eigenvalue weighted by Gasteiger charge is -2.19. The van der Waals surface area contributed by atoms with Crippen LogP contribution in [0.4, 0.5) is 4.79 Å². The van der Waals surface area contributed by atoms with Crippen molar-refractivity contribution < 1.29 is 9.53 Å². The Balaban J connectivity index is 1.92. The highest BCUT2D eigenvalue weighted by Crippen LogP contribution is 2.24.